The van der Waals surface area contributed by atoms with Gasteiger partial charge in [-0.25, -0.2) is 0 Å². The summed E-state index contributed by atoms with van der Waals surface area (Å²) in [6.07, 6.45) is 2.01. The van der Waals surface area contributed by atoms with Crippen LogP contribution in [0.5, 0.6) is 0 Å². The van der Waals surface area contributed by atoms with Gasteiger partial charge in [0.25, 0.3) is 0 Å². The van der Waals surface area contributed by atoms with Gasteiger partial charge in [-0.05, 0) is 33.6 Å². The normalized spacial score (nSPS) is 28.7. The summed E-state index contributed by atoms with van der Waals surface area (Å²) < 4.78 is 16.7. The largest absolute Gasteiger partial charge is 0.463 e. The van der Waals surface area contributed by atoms with Crippen LogP contribution in [0.4, 0.5) is 0 Å². The molecule has 118 valence electrons. The molecule has 20 heavy (non-hydrogen) atoms. The van der Waals surface area contributed by atoms with Crippen LogP contribution in [0.1, 0.15) is 60.3 Å². The number of aliphatic hydroxyl groups is 1. The van der Waals surface area contributed by atoms with E-state index < -0.39 is 11.9 Å². The van der Waals surface area contributed by atoms with Gasteiger partial charge in [0.2, 0.25) is 0 Å². The summed E-state index contributed by atoms with van der Waals surface area (Å²) in [7, 11) is 0. The summed E-state index contributed by atoms with van der Waals surface area (Å²) in [5.74, 6) is -0.927. The molecule has 0 aliphatic carbocycles. The van der Waals surface area contributed by atoms with Gasteiger partial charge in [0.15, 0.2) is 5.79 Å². The zero-order chi connectivity index (χ0) is 15.3. The molecular formula is C15H28O5. The number of ether oxygens (including phenoxy) is 3. The molecule has 0 aromatic carbocycles. The van der Waals surface area contributed by atoms with Crippen molar-refractivity contribution in [3.8, 4) is 0 Å². The van der Waals surface area contributed by atoms with Crippen LogP contribution in [0.25, 0.3) is 0 Å². The van der Waals surface area contributed by atoms with Crippen LogP contribution >= 0.6 is 0 Å². The summed E-state index contributed by atoms with van der Waals surface area (Å²) in [5.41, 5.74) is 0. The van der Waals surface area contributed by atoms with Gasteiger partial charge in [-0.2, -0.15) is 0 Å². The lowest BCUT2D eigenvalue weighted by atomic mass is 9.99. The molecule has 1 aliphatic rings. The Hall–Kier alpha value is -0.650. The van der Waals surface area contributed by atoms with Gasteiger partial charge >= 0.3 is 5.97 Å². The zero-order valence-electron chi connectivity index (χ0n) is 13.2. The van der Waals surface area contributed by atoms with Crippen molar-refractivity contribution in [3.63, 3.8) is 0 Å². The van der Waals surface area contributed by atoms with Crippen LogP contribution in [0.15, 0.2) is 0 Å². The Morgan fingerprint density at radius 3 is 2.55 bits per heavy atom. The quantitative estimate of drug-likeness (QED) is 0.760. The van der Waals surface area contributed by atoms with Crippen molar-refractivity contribution < 1.29 is 24.1 Å². The second-order valence-corrected chi connectivity index (χ2v) is 6.07. The zero-order valence-corrected chi connectivity index (χ0v) is 13.2. The summed E-state index contributed by atoms with van der Waals surface area (Å²) >= 11 is 0. The van der Waals surface area contributed by atoms with Gasteiger partial charge in [0.1, 0.15) is 6.10 Å². The van der Waals surface area contributed by atoms with E-state index in [-0.39, 0.29) is 24.3 Å². The van der Waals surface area contributed by atoms with Crippen molar-refractivity contribution >= 4 is 5.97 Å². The first-order chi connectivity index (χ1) is 9.21. The molecule has 4 unspecified atom stereocenters. The molecule has 1 N–H and O–H groups in total. The van der Waals surface area contributed by atoms with Gasteiger partial charge in [-0.15, -0.1) is 0 Å². The van der Waals surface area contributed by atoms with E-state index in [1.807, 2.05) is 13.8 Å². The lowest BCUT2D eigenvalue weighted by Crippen LogP contribution is -2.45. The molecule has 1 fully saturated rings. The number of hydrogen-bond donors (Lipinski definition) is 1. The fraction of sp³-hybridized carbons (Fsp3) is 0.933. The average molecular weight is 288 g/mol. The maximum atomic E-state index is 10.8. The predicted molar refractivity (Wildman–Crippen MR) is 75.2 cm³/mol. The molecule has 0 aromatic rings. The second kappa shape index (κ2) is 7.38. The summed E-state index contributed by atoms with van der Waals surface area (Å²) in [6.45, 7) is 9.04. The van der Waals surface area contributed by atoms with Crippen LogP contribution in [-0.4, -0.2) is 41.3 Å². The highest BCUT2D eigenvalue weighted by Crippen LogP contribution is 2.30. The molecule has 5 nitrogen and oxygen atoms in total. The number of rotatable bonds is 6. The first-order valence-corrected chi connectivity index (χ1v) is 7.42. The predicted octanol–water partition coefficient (Wildman–Crippen LogP) is 2.40. The molecule has 4 atom stereocenters. The van der Waals surface area contributed by atoms with Crippen molar-refractivity contribution in [2.45, 2.75) is 90.5 Å². The van der Waals surface area contributed by atoms with Crippen LogP contribution in [-0.2, 0) is 19.0 Å². The summed E-state index contributed by atoms with van der Waals surface area (Å²) in [6, 6.07) is 0. The third-order valence-electron chi connectivity index (χ3n) is 3.39. The first kappa shape index (κ1) is 17.4. The van der Waals surface area contributed by atoms with E-state index >= 15 is 0 Å². The lowest BCUT2D eigenvalue weighted by Gasteiger charge is -2.41. The van der Waals surface area contributed by atoms with Crippen LogP contribution < -0.4 is 0 Å². The SMILES string of the molecule is CCC1CC(CC(O)CC(C)OC(C)=O)OC(C)(C)O1. The topological polar surface area (TPSA) is 65.0 Å². The monoisotopic (exact) mass is 288 g/mol. The fourth-order valence-electron chi connectivity index (χ4n) is 2.73. The molecule has 0 amide bonds. The van der Waals surface area contributed by atoms with E-state index in [2.05, 4.69) is 6.92 Å². The van der Waals surface area contributed by atoms with E-state index in [1.54, 1.807) is 6.92 Å². The van der Waals surface area contributed by atoms with Crippen LogP contribution in [0, 0.1) is 0 Å². The first-order valence-electron chi connectivity index (χ1n) is 7.42. The highest BCUT2D eigenvalue weighted by molar-refractivity contribution is 5.66. The minimum absolute atomic E-state index is 0.0248. The minimum Gasteiger partial charge on any atom is -0.463 e. The maximum Gasteiger partial charge on any atom is 0.302 e. The molecule has 1 aliphatic heterocycles. The molecule has 5 heteroatoms. The molecule has 0 spiro atoms. The van der Waals surface area contributed by atoms with E-state index in [1.165, 1.54) is 6.92 Å². The molecule has 0 saturated carbocycles. The summed E-state index contributed by atoms with van der Waals surface area (Å²) in [4.78, 5) is 10.8. The Labute approximate surface area is 121 Å². The van der Waals surface area contributed by atoms with Crippen molar-refractivity contribution in [1.82, 2.24) is 0 Å². The Balaban J connectivity index is 2.44. The van der Waals surface area contributed by atoms with Crippen molar-refractivity contribution in [2.75, 3.05) is 0 Å². The Kier molecular flexibility index (Phi) is 6.43. The van der Waals surface area contributed by atoms with Crippen molar-refractivity contribution in [1.29, 1.82) is 0 Å². The highest BCUT2D eigenvalue weighted by Gasteiger charge is 2.35. The van der Waals surface area contributed by atoms with Gasteiger partial charge in [-0.1, -0.05) is 6.92 Å². The third kappa shape index (κ3) is 6.20. The standard InChI is InChI=1S/C15H28O5/c1-6-13-9-14(20-15(4,5)19-13)8-12(17)7-10(2)18-11(3)16/h10,12-14,17H,6-9H2,1-5H3. The molecule has 1 heterocycles. The molecule has 1 rings (SSSR count). The van der Waals surface area contributed by atoms with Crippen molar-refractivity contribution in [2.24, 2.45) is 0 Å². The van der Waals surface area contributed by atoms with E-state index in [0.29, 0.717) is 12.8 Å². The minimum atomic E-state index is -0.606. The van der Waals surface area contributed by atoms with E-state index in [0.717, 1.165) is 12.8 Å². The smallest absolute Gasteiger partial charge is 0.302 e. The number of hydrogen-bond acceptors (Lipinski definition) is 5. The average Bonchev–Trinajstić information content (AvgIpc) is 2.24. The van der Waals surface area contributed by atoms with Crippen molar-refractivity contribution in [3.05, 3.63) is 0 Å². The van der Waals surface area contributed by atoms with E-state index in [4.69, 9.17) is 14.2 Å². The molecule has 1 saturated heterocycles. The second-order valence-electron chi connectivity index (χ2n) is 6.07. The fourth-order valence-corrected chi connectivity index (χ4v) is 2.73. The maximum absolute atomic E-state index is 10.8. The Morgan fingerprint density at radius 1 is 1.40 bits per heavy atom. The number of esters is 1. The van der Waals surface area contributed by atoms with Crippen LogP contribution in [0.2, 0.25) is 0 Å². The number of aliphatic hydroxyl groups excluding tert-OH is 1. The number of carbonyl (C=O) groups is 1. The molecule has 0 bridgehead atoms. The van der Waals surface area contributed by atoms with E-state index in [9.17, 15) is 9.90 Å². The van der Waals surface area contributed by atoms with Gasteiger partial charge in [-0.3, -0.25) is 4.79 Å². The van der Waals surface area contributed by atoms with Gasteiger partial charge in [0, 0.05) is 19.8 Å². The highest BCUT2D eigenvalue weighted by atomic mass is 16.7. The number of carbonyl (C=O) groups excluding carboxylic acids is 1. The Morgan fingerprint density at radius 2 is 2.00 bits per heavy atom. The Bertz CT molecular complexity index is 315. The van der Waals surface area contributed by atoms with Crippen LogP contribution in [0.3, 0.4) is 0 Å². The van der Waals surface area contributed by atoms with Gasteiger partial charge in [0.05, 0.1) is 18.3 Å². The summed E-state index contributed by atoms with van der Waals surface area (Å²) in [5, 5.41) is 10.1. The molecular weight excluding hydrogens is 260 g/mol. The molecule has 0 aromatic heterocycles. The van der Waals surface area contributed by atoms with Gasteiger partial charge < -0.3 is 19.3 Å². The lowest BCUT2D eigenvalue weighted by molar-refractivity contribution is -0.302. The third-order valence-corrected chi connectivity index (χ3v) is 3.39. The molecule has 0 radical (unpaired) electrons.